The zero-order valence-electron chi connectivity index (χ0n) is 14.9. The summed E-state index contributed by atoms with van der Waals surface area (Å²) >= 11 is 0. The molecule has 0 aliphatic heterocycles. The largest absolute Gasteiger partial charge is 0.394 e. The Hall–Kier alpha value is -2.67. The van der Waals surface area contributed by atoms with E-state index in [1.165, 1.54) is 0 Å². The van der Waals surface area contributed by atoms with Crippen LogP contribution in [0.25, 0.3) is 11.4 Å². The quantitative estimate of drug-likeness (QED) is 0.690. The van der Waals surface area contributed by atoms with Gasteiger partial charge in [0.1, 0.15) is 6.33 Å². The summed E-state index contributed by atoms with van der Waals surface area (Å²) in [5.41, 5.74) is 5.29. The second kappa shape index (κ2) is 7.48. The minimum Gasteiger partial charge on any atom is -0.394 e. The minimum atomic E-state index is 0.0922. The van der Waals surface area contributed by atoms with Crippen molar-refractivity contribution in [3.05, 3.63) is 47.5 Å². The molecule has 0 unspecified atom stereocenters. The number of aliphatic hydroxyl groups is 1. The molecule has 0 amide bonds. The molecule has 0 spiro atoms. The molecule has 0 bridgehead atoms. The van der Waals surface area contributed by atoms with Crippen LogP contribution in [0.3, 0.4) is 0 Å². The smallest absolute Gasteiger partial charge is 0.163 e. The van der Waals surface area contributed by atoms with E-state index < -0.39 is 0 Å². The highest BCUT2D eigenvalue weighted by molar-refractivity contribution is 5.62. The summed E-state index contributed by atoms with van der Waals surface area (Å²) < 4.78 is 3.87. The summed E-state index contributed by atoms with van der Waals surface area (Å²) in [5.74, 6) is 0.870. The van der Waals surface area contributed by atoms with Crippen LogP contribution in [0.5, 0.6) is 0 Å². The maximum atomic E-state index is 9.13. The first-order chi connectivity index (χ1) is 12.1. The first kappa shape index (κ1) is 17.2. The van der Waals surface area contributed by atoms with Crippen molar-refractivity contribution in [1.82, 2.24) is 24.5 Å². The van der Waals surface area contributed by atoms with Crippen LogP contribution in [0.2, 0.25) is 0 Å². The van der Waals surface area contributed by atoms with Crippen molar-refractivity contribution in [2.45, 2.75) is 40.4 Å². The van der Waals surface area contributed by atoms with Crippen LogP contribution in [-0.2, 0) is 19.6 Å². The Kier molecular flexibility index (Phi) is 5.14. The van der Waals surface area contributed by atoms with Gasteiger partial charge in [0.05, 0.1) is 18.8 Å². The lowest BCUT2D eigenvalue weighted by atomic mass is 10.1. The summed E-state index contributed by atoms with van der Waals surface area (Å²) in [7, 11) is 0. The number of aryl methyl sites for hydroxylation is 2. The van der Waals surface area contributed by atoms with Gasteiger partial charge in [-0.15, -0.1) is 10.2 Å². The zero-order valence-corrected chi connectivity index (χ0v) is 14.9. The second-order valence-corrected chi connectivity index (χ2v) is 5.97. The highest BCUT2D eigenvalue weighted by atomic mass is 16.3. The average molecular weight is 340 g/mol. The van der Waals surface area contributed by atoms with Crippen molar-refractivity contribution >= 4 is 5.69 Å². The number of anilines is 1. The summed E-state index contributed by atoms with van der Waals surface area (Å²) in [4.78, 5) is 0. The second-order valence-electron chi connectivity index (χ2n) is 5.97. The van der Waals surface area contributed by atoms with E-state index in [1.807, 2.05) is 41.3 Å². The average Bonchev–Trinajstić information content (AvgIpc) is 3.19. The third kappa shape index (κ3) is 3.56. The molecule has 0 atom stereocenters. The van der Waals surface area contributed by atoms with Gasteiger partial charge >= 0.3 is 0 Å². The van der Waals surface area contributed by atoms with Gasteiger partial charge in [-0.25, -0.2) is 0 Å². The lowest BCUT2D eigenvalue weighted by Gasteiger charge is -2.10. The molecule has 2 heterocycles. The van der Waals surface area contributed by atoms with Gasteiger partial charge in [0, 0.05) is 35.6 Å². The summed E-state index contributed by atoms with van der Waals surface area (Å²) in [6.07, 6.45) is 1.75. The van der Waals surface area contributed by atoms with Crippen LogP contribution in [0.1, 0.15) is 23.9 Å². The van der Waals surface area contributed by atoms with Crippen LogP contribution in [-0.4, -0.2) is 36.3 Å². The maximum Gasteiger partial charge on any atom is 0.163 e. The van der Waals surface area contributed by atoms with Gasteiger partial charge in [-0.1, -0.05) is 12.1 Å². The van der Waals surface area contributed by atoms with Crippen molar-refractivity contribution in [3.8, 4) is 11.4 Å². The van der Waals surface area contributed by atoms with Crippen LogP contribution >= 0.6 is 0 Å². The number of nitrogens with zero attached hydrogens (tertiary/aromatic N) is 5. The molecule has 0 saturated carbocycles. The number of nitrogens with one attached hydrogen (secondary N) is 1. The van der Waals surface area contributed by atoms with E-state index in [1.54, 1.807) is 6.33 Å². The Balaban J connectivity index is 1.78. The van der Waals surface area contributed by atoms with E-state index in [4.69, 9.17) is 5.11 Å². The Morgan fingerprint density at radius 3 is 2.84 bits per heavy atom. The third-order valence-electron chi connectivity index (χ3n) is 4.39. The van der Waals surface area contributed by atoms with Crippen LogP contribution in [0, 0.1) is 13.8 Å². The Bertz CT molecular complexity index is 851. The molecule has 0 radical (unpaired) electrons. The lowest BCUT2D eigenvalue weighted by Crippen LogP contribution is -2.07. The Labute approximate surface area is 147 Å². The number of aliphatic hydroxyl groups excluding tert-OH is 1. The van der Waals surface area contributed by atoms with E-state index in [0.29, 0.717) is 13.1 Å². The Morgan fingerprint density at radius 2 is 2.08 bits per heavy atom. The standard InChI is InChI=1S/C18H24N6O/c1-4-23-12-20-21-18(23)15-6-5-7-16(10-15)19-11-17-13(2)22-24(8-9-25)14(17)3/h5-7,10,12,19,25H,4,8-9,11H2,1-3H3. The number of hydrogen-bond acceptors (Lipinski definition) is 5. The van der Waals surface area contributed by atoms with Crippen molar-refractivity contribution in [1.29, 1.82) is 0 Å². The first-order valence-corrected chi connectivity index (χ1v) is 8.50. The predicted molar refractivity (Wildman–Crippen MR) is 97.2 cm³/mol. The van der Waals surface area contributed by atoms with E-state index in [0.717, 1.165) is 40.6 Å². The molecule has 25 heavy (non-hydrogen) atoms. The fourth-order valence-electron chi connectivity index (χ4n) is 2.97. The van der Waals surface area contributed by atoms with E-state index in [9.17, 15) is 0 Å². The van der Waals surface area contributed by atoms with Gasteiger partial charge in [0.2, 0.25) is 0 Å². The van der Waals surface area contributed by atoms with Crippen LogP contribution in [0.4, 0.5) is 5.69 Å². The van der Waals surface area contributed by atoms with E-state index in [2.05, 4.69) is 33.6 Å². The fourth-order valence-corrected chi connectivity index (χ4v) is 2.97. The molecule has 132 valence electrons. The normalized spacial score (nSPS) is 11.0. The molecular weight excluding hydrogens is 316 g/mol. The maximum absolute atomic E-state index is 9.13. The summed E-state index contributed by atoms with van der Waals surface area (Å²) in [6, 6.07) is 8.18. The van der Waals surface area contributed by atoms with Gasteiger partial charge in [-0.05, 0) is 32.9 Å². The Morgan fingerprint density at radius 1 is 1.24 bits per heavy atom. The van der Waals surface area contributed by atoms with Gasteiger partial charge < -0.3 is 15.0 Å². The number of hydrogen-bond donors (Lipinski definition) is 2. The van der Waals surface area contributed by atoms with Crippen LogP contribution in [0.15, 0.2) is 30.6 Å². The van der Waals surface area contributed by atoms with Gasteiger partial charge in [-0.2, -0.15) is 5.10 Å². The highest BCUT2D eigenvalue weighted by Gasteiger charge is 2.11. The number of aromatic nitrogens is 5. The zero-order chi connectivity index (χ0) is 17.8. The molecule has 0 aliphatic carbocycles. The highest BCUT2D eigenvalue weighted by Crippen LogP contribution is 2.22. The number of benzene rings is 1. The summed E-state index contributed by atoms with van der Waals surface area (Å²) in [6.45, 7) is 8.24. The molecule has 3 rings (SSSR count). The topological polar surface area (TPSA) is 80.8 Å². The predicted octanol–water partition coefficient (Wildman–Crippen LogP) is 2.38. The third-order valence-corrected chi connectivity index (χ3v) is 4.39. The van der Waals surface area contributed by atoms with Crippen molar-refractivity contribution in [2.24, 2.45) is 0 Å². The monoisotopic (exact) mass is 340 g/mol. The van der Waals surface area contributed by atoms with Gasteiger partial charge in [0.15, 0.2) is 5.82 Å². The molecule has 3 aromatic rings. The molecule has 0 aliphatic rings. The van der Waals surface area contributed by atoms with E-state index in [-0.39, 0.29) is 6.61 Å². The molecule has 0 fully saturated rings. The van der Waals surface area contributed by atoms with Crippen molar-refractivity contribution in [2.75, 3.05) is 11.9 Å². The van der Waals surface area contributed by atoms with Crippen LogP contribution < -0.4 is 5.32 Å². The fraction of sp³-hybridized carbons (Fsp3) is 0.389. The molecule has 7 nitrogen and oxygen atoms in total. The van der Waals surface area contributed by atoms with Gasteiger partial charge in [-0.3, -0.25) is 4.68 Å². The lowest BCUT2D eigenvalue weighted by molar-refractivity contribution is 0.268. The van der Waals surface area contributed by atoms with E-state index >= 15 is 0 Å². The summed E-state index contributed by atoms with van der Waals surface area (Å²) in [5, 5.41) is 25.3. The molecule has 0 saturated heterocycles. The van der Waals surface area contributed by atoms with Crippen molar-refractivity contribution < 1.29 is 5.11 Å². The molecular formula is C18H24N6O. The molecule has 1 aromatic carbocycles. The first-order valence-electron chi connectivity index (χ1n) is 8.50. The minimum absolute atomic E-state index is 0.0922. The number of rotatable bonds is 7. The van der Waals surface area contributed by atoms with Crippen molar-refractivity contribution in [3.63, 3.8) is 0 Å². The molecule has 7 heteroatoms. The van der Waals surface area contributed by atoms with Gasteiger partial charge in [0.25, 0.3) is 0 Å². The molecule has 2 aromatic heterocycles. The SMILES string of the molecule is CCn1cnnc1-c1cccc(NCc2c(C)nn(CCO)c2C)c1. The molecule has 2 N–H and O–H groups in total.